The summed E-state index contributed by atoms with van der Waals surface area (Å²) in [6.45, 7) is 12.6. The van der Waals surface area contributed by atoms with Crippen molar-refractivity contribution in [2.75, 3.05) is 39.8 Å². The fourth-order valence-corrected chi connectivity index (χ4v) is 5.44. The summed E-state index contributed by atoms with van der Waals surface area (Å²) in [5.74, 6) is 0.597. The highest BCUT2D eigenvalue weighted by Crippen LogP contribution is 2.26. The van der Waals surface area contributed by atoms with Crippen molar-refractivity contribution in [1.29, 1.82) is 0 Å². The van der Waals surface area contributed by atoms with E-state index in [9.17, 15) is 13.2 Å². The van der Waals surface area contributed by atoms with Gasteiger partial charge in [0.05, 0.1) is 18.6 Å². The third-order valence-electron chi connectivity index (χ3n) is 4.85. The fraction of sp³-hybridized carbons (Fsp3) is 0.667. The van der Waals surface area contributed by atoms with Crippen LogP contribution in [0, 0.1) is 5.41 Å². The molecule has 1 heterocycles. The van der Waals surface area contributed by atoms with Crippen molar-refractivity contribution in [2.24, 2.45) is 5.41 Å². The smallest absolute Gasteiger partial charge is 0.243 e. The zero-order chi connectivity index (χ0) is 21.9. The minimum atomic E-state index is -3.54. The number of hydrogen-bond donors (Lipinski definition) is 1. The number of methoxy groups -OCH3 is 1. The zero-order valence-corrected chi connectivity index (χ0v) is 19.3. The summed E-state index contributed by atoms with van der Waals surface area (Å²) in [7, 11) is -1.99. The zero-order valence-electron chi connectivity index (χ0n) is 18.5. The van der Waals surface area contributed by atoms with Crippen LogP contribution in [0.4, 0.5) is 0 Å². The van der Waals surface area contributed by atoms with Crippen LogP contribution in [0.3, 0.4) is 0 Å². The van der Waals surface area contributed by atoms with Gasteiger partial charge in [-0.25, -0.2) is 8.42 Å². The molecule has 0 atom stereocenters. The number of rotatable bonds is 7. The second-order valence-electron chi connectivity index (χ2n) is 9.53. The molecule has 1 fully saturated rings. The summed E-state index contributed by atoms with van der Waals surface area (Å²) in [5, 5.41) is 3.11. The first-order chi connectivity index (χ1) is 13.3. The highest BCUT2D eigenvalue weighted by molar-refractivity contribution is 7.89. The molecule has 1 aromatic rings. The van der Waals surface area contributed by atoms with Crippen LogP contribution in [0.2, 0.25) is 0 Å². The minimum absolute atomic E-state index is 0.0225. The molecular weight excluding hydrogens is 390 g/mol. The number of piperazine rings is 1. The van der Waals surface area contributed by atoms with Gasteiger partial charge in [0.25, 0.3) is 0 Å². The van der Waals surface area contributed by atoms with Crippen LogP contribution in [-0.2, 0) is 14.8 Å². The molecule has 0 bridgehead atoms. The van der Waals surface area contributed by atoms with Crippen LogP contribution >= 0.6 is 0 Å². The molecule has 2 rings (SSSR count). The van der Waals surface area contributed by atoms with Gasteiger partial charge < -0.3 is 10.1 Å². The molecule has 164 valence electrons. The summed E-state index contributed by atoms with van der Waals surface area (Å²) in [5.41, 5.74) is -0.160. The van der Waals surface area contributed by atoms with Crippen LogP contribution in [0.15, 0.2) is 29.2 Å². The van der Waals surface area contributed by atoms with Gasteiger partial charge in [0.1, 0.15) is 5.75 Å². The quantitative estimate of drug-likeness (QED) is 0.725. The molecule has 0 aliphatic carbocycles. The molecule has 1 N–H and O–H groups in total. The Morgan fingerprint density at radius 2 is 1.59 bits per heavy atom. The van der Waals surface area contributed by atoms with Crippen molar-refractivity contribution in [3.8, 4) is 5.75 Å². The lowest BCUT2D eigenvalue weighted by Crippen LogP contribution is -2.53. The Hall–Kier alpha value is -1.64. The summed E-state index contributed by atoms with van der Waals surface area (Å²) in [4.78, 5) is 14.7. The van der Waals surface area contributed by atoms with Gasteiger partial charge in [-0.2, -0.15) is 4.31 Å². The maximum atomic E-state index is 12.8. The van der Waals surface area contributed by atoms with Gasteiger partial charge in [0.2, 0.25) is 15.9 Å². The van der Waals surface area contributed by atoms with Crippen LogP contribution < -0.4 is 10.1 Å². The van der Waals surface area contributed by atoms with E-state index in [1.165, 1.54) is 4.31 Å². The molecule has 1 aromatic carbocycles. The molecule has 0 spiro atoms. The maximum Gasteiger partial charge on any atom is 0.243 e. The Morgan fingerprint density at radius 1 is 1.03 bits per heavy atom. The first-order valence-corrected chi connectivity index (χ1v) is 11.4. The number of nitrogens with zero attached hydrogens (tertiary/aromatic N) is 2. The SMILES string of the molecule is COc1ccc(S(=O)(=O)N2CCN(CC(=O)NC(C)(C)CC(C)(C)C)CC2)cc1. The Balaban J connectivity index is 1.89. The van der Waals surface area contributed by atoms with E-state index in [-0.39, 0.29) is 28.3 Å². The first kappa shape index (κ1) is 23.6. The van der Waals surface area contributed by atoms with Gasteiger partial charge in [0, 0.05) is 31.7 Å². The Kier molecular flexibility index (Phi) is 7.35. The number of sulfonamides is 1. The minimum Gasteiger partial charge on any atom is -0.497 e. The van der Waals surface area contributed by atoms with Gasteiger partial charge in [-0.1, -0.05) is 20.8 Å². The van der Waals surface area contributed by atoms with Crippen molar-refractivity contribution in [1.82, 2.24) is 14.5 Å². The van der Waals surface area contributed by atoms with Crippen molar-refractivity contribution >= 4 is 15.9 Å². The molecule has 0 saturated carbocycles. The molecule has 0 unspecified atom stereocenters. The average Bonchev–Trinajstić information content (AvgIpc) is 2.59. The summed E-state index contributed by atoms with van der Waals surface area (Å²) in [6, 6.07) is 6.41. The van der Waals surface area contributed by atoms with Gasteiger partial charge in [0.15, 0.2) is 0 Å². The highest BCUT2D eigenvalue weighted by atomic mass is 32.2. The van der Waals surface area contributed by atoms with Crippen molar-refractivity contribution in [3.05, 3.63) is 24.3 Å². The van der Waals surface area contributed by atoms with E-state index >= 15 is 0 Å². The molecule has 1 aliphatic rings. The second-order valence-corrected chi connectivity index (χ2v) is 11.5. The van der Waals surface area contributed by atoms with E-state index in [4.69, 9.17) is 4.74 Å². The topological polar surface area (TPSA) is 79.0 Å². The van der Waals surface area contributed by atoms with Gasteiger partial charge in [-0.3, -0.25) is 9.69 Å². The van der Waals surface area contributed by atoms with E-state index < -0.39 is 10.0 Å². The molecule has 1 saturated heterocycles. The van der Waals surface area contributed by atoms with Crippen LogP contribution in [0.25, 0.3) is 0 Å². The predicted octanol–water partition coefficient (Wildman–Crippen LogP) is 2.33. The van der Waals surface area contributed by atoms with Crippen LogP contribution in [-0.4, -0.2) is 68.9 Å². The lowest BCUT2D eigenvalue weighted by Gasteiger charge is -2.36. The van der Waals surface area contributed by atoms with Crippen molar-refractivity contribution in [2.45, 2.75) is 51.5 Å². The highest BCUT2D eigenvalue weighted by Gasteiger charge is 2.31. The van der Waals surface area contributed by atoms with Gasteiger partial charge in [-0.15, -0.1) is 0 Å². The second kappa shape index (κ2) is 9.02. The number of amides is 1. The molecule has 7 nitrogen and oxygen atoms in total. The van der Waals surface area contributed by atoms with Gasteiger partial charge in [-0.05, 0) is 49.9 Å². The van der Waals surface area contributed by atoms with E-state index in [1.54, 1.807) is 31.4 Å². The molecular formula is C21H35N3O4S. The number of carbonyl (C=O) groups is 1. The van der Waals surface area contributed by atoms with Gasteiger partial charge >= 0.3 is 0 Å². The number of hydrogen-bond acceptors (Lipinski definition) is 5. The summed E-state index contributed by atoms with van der Waals surface area (Å²) in [6.07, 6.45) is 0.875. The lowest BCUT2D eigenvalue weighted by atomic mass is 9.82. The van der Waals surface area contributed by atoms with E-state index in [0.29, 0.717) is 31.9 Å². The Labute approximate surface area is 175 Å². The standard InChI is InChI=1S/C21H35N3O4S/c1-20(2,3)16-21(4,5)22-19(25)15-23-11-13-24(14-12-23)29(26,27)18-9-7-17(28-6)8-10-18/h7-10H,11-16H2,1-6H3,(H,22,25). The van der Waals surface area contributed by atoms with E-state index in [1.807, 2.05) is 18.7 Å². The Morgan fingerprint density at radius 3 is 2.07 bits per heavy atom. The summed E-state index contributed by atoms with van der Waals surface area (Å²) < 4.78 is 32.2. The van der Waals surface area contributed by atoms with Crippen molar-refractivity contribution in [3.63, 3.8) is 0 Å². The number of nitrogens with one attached hydrogen (secondary N) is 1. The molecule has 0 radical (unpaired) electrons. The Bertz CT molecular complexity index is 790. The number of benzene rings is 1. The summed E-state index contributed by atoms with van der Waals surface area (Å²) >= 11 is 0. The molecule has 0 aromatic heterocycles. The molecule has 8 heteroatoms. The normalized spacial score (nSPS) is 17.2. The van der Waals surface area contributed by atoms with Crippen molar-refractivity contribution < 1.29 is 17.9 Å². The molecule has 1 amide bonds. The van der Waals surface area contributed by atoms with Crippen LogP contribution in [0.1, 0.15) is 41.0 Å². The number of ether oxygens (including phenoxy) is 1. The molecule has 29 heavy (non-hydrogen) atoms. The first-order valence-electron chi connectivity index (χ1n) is 10.00. The largest absolute Gasteiger partial charge is 0.497 e. The third-order valence-corrected chi connectivity index (χ3v) is 6.76. The monoisotopic (exact) mass is 425 g/mol. The average molecular weight is 426 g/mol. The molecule has 1 aliphatic heterocycles. The predicted molar refractivity (Wildman–Crippen MR) is 114 cm³/mol. The number of carbonyl (C=O) groups excluding carboxylic acids is 1. The lowest BCUT2D eigenvalue weighted by molar-refractivity contribution is -0.124. The van der Waals surface area contributed by atoms with E-state index in [2.05, 4.69) is 26.1 Å². The fourth-order valence-electron chi connectivity index (χ4n) is 4.01. The van der Waals surface area contributed by atoms with Crippen LogP contribution in [0.5, 0.6) is 5.75 Å². The van der Waals surface area contributed by atoms with E-state index in [0.717, 1.165) is 6.42 Å². The third kappa shape index (κ3) is 6.97. The maximum absolute atomic E-state index is 12.8.